The molecule has 1 heterocycles. The molecule has 0 radical (unpaired) electrons. The minimum absolute atomic E-state index is 0.00771. The molecular weight excluding hydrogens is 382 g/mol. The zero-order chi connectivity index (χ0) is 20.9. The number of hydrogen-bond acceptors (Lipinski definition) is 5. The number of amides is 1. The lowest BCUT2D eigenvalue weighted by Gasteiger charge is -2.22. The number of rotatable bonds is 6. The second-order valence-corrected chi connectivity index (χ2v) is 7.49. The van der Waals surface area contributed by atoms with Crippen molar-refractivity contribution >= 4 is 11.6 Å². The highest BCUT2D eigenvalue weighted by Gasteiger charge is 2.19. The summed E-state index contributed by atoms with van der Waals surface area (Å²) >= 11 is 0. The number of non-ortho nitro benzene ring substituents is 1. The van der Waals surface area contributed by atoms with Crippen LogP contribution in [0, 0.1) is 10.1 Å². The molecule has 8 nitrogen and oxygen atoms in total. The number of nitro groups is 1. The summed E-state index contributed by atoms with van der Waals surface area (Å²) in [4.78, 5) is 27.7. The Kier molecular flexibility index (Phi) is 5.83. The van der Waals surface area contributed by atoms with Gasteiger partial charge in [-0.15, -0.1) is 5.10 Å². The predicted molar refractivity (Wildman–Crippen MR) is 113 cm³/mol. The van der Waals surface area contributed by atoms with E-state index in [1.807, 2.05) is 30.3 Å². The summed E-state index contributed by atoms with van der Waals surface area (Å²) in [6.45, 7) is 0.0701. The Morgan fingerprint density at radius 2 is 1.73 bits per heavy atom. The van der Waals surface area contributed by atoms with Crippen LogP contribution in [0.1, 0.15) is 32.1 Å². The van der Waals surface area contributed by atoms with E-state index < -0.39 is 4.92 Å². The van der Waals surface area contributed by atoms with Gasteiger partial charge in [0.1, 0.15) is 6.54 Å². The van der Waals surface area contributed by atoms with Crippen molar-refractivity contribution in [3.63, 3.8) is 0 Å². The molecule has 3 aromatic rings. The van der Waals surface area contributed by atoms with E-state index in [4.69, 9.17) is 0 Å². The number of aromatic nitrogens is 3. The van der Waals surface area contributed by atoms with Gasteiger partial charge in [-0.25, -0.2) is 9.67 Å². The Morgan fingerprint density at radius 1 is 1.03 bits per heavy atom. The van der Waals surface area contributed by atoms with Gasteiger partial charge >= 0.3 is 0 Å². The van der Waals surface area contributed by atoms with E-state index in [1.54, 1.807) is 16.8 Å². The van der Waals surface area contributed by atoms with E-state index in [0.717, 1.165) is 31.2 Å². The summed E-state index contributed by atoms with van der Waals surface area (Å²) in [6, 6.07) is 15.9. The van der Waals surface area contributed by atoms with E-state index >= 15 is 0 Å². The summed E-state index contributed by atoms with van der Waals surface area (Å²) in [5, 5.41) is 18.6. The molecule has 0 bridgehead atoms. The lowest BCUT2D eigenvalue weighted by molar-refractivity contribution is -0.384. The molecular formula is C22H23N5O3. The topological polar surface area (TPSA) is 103 Å². The summed E-state index contributed by atoms with van der Waals surface area (Å²) in [6.07, 6.45) is 5.55. The average molecular weight is 405 g/mol. The molecule has 1 aromatic heterocycles. The van der Waals surface area contributed by atoms with Crippen LogP contribution in [0.2, 0.25) is 0 Å². The molecule has 0 aliphatic heterocycles. The molecule has 154 valence electrons. The van der Waals surface area contributed by atoms with Crippen molar-refractivity contribution in [3.05, 3.63) is 64.7 Å². The van der Waals surface area contributed by atoms with Crippen molar-refractivity contribution in [1.82, 2.24) is 20.1 Å². The molecule has 1 amide bonds. The Bertz CT molecular complexity index is 1020. The SMILES string of the molecule is O=C(Cn1nc(-c2ccc([N+](=O)[O-])cc2)nc1-c1ccccc1)NC1CCCCC1. The van der Waals surface area contributed by atoms with Crippen molar-refractivity contribution in [2.45, 2.75) is 44.7 Å². The van der Waals surface area contributed by atoms with E-state index in [2.05, 4.69) is 15.4 Å². The Labute approximate surface area is 174 Å². The van der Waals surface area contributed by atoms with Gasteiger partial charge in [-0.1, -0.05) is 49.6 Å². The fourth-order valence-corrected chi connectivity index (χ4v) is 3.76. The van der Waals surface area contributed by atoms with Crippen LogP contribution >= 0.6 is 0 Å². The molecule has 0 unspecified atom stereocenters. The van der Waals surface area contributed by atoms with Gasteiger partial charge in [0.15, 0.2) is 11.6 Å². The van der Waals surface area contributed by atoms with Crippen LogP contribution in [-0.4, -0.2) is 31.6 Å². The Morgan fingerprint density at radius 3 is 2.40 bits per heavy atom. The van der Waals surface area contributed by atoms with E-state index in [9.17, 15) is 14.9 Å². The molecule has 1 aliphatic rings. The van der Waals surface area contributed by atoms with Crippen molar-refractivity contribution in [2.75, 3.05) is 0 Å². The highest BCUT2D eigenvalue weighted by atomic mass is 16.6. The number of nitrogens with zero attached hydrogens (tertiary/aromatic N) is 4. The standard InChI is InChI=1S/C22H23N5O3/c28-20(23-18-9-5-2-6-10-18)15-26-22(17-7-3-1-4-8-17)24-21(25-26)16-11-13-19(14-12-16)27(29)30/h1,3-4,7-8,11-14,18H,2,5-6,9-10,15H2,(H,23,28). The molecule has 1 aliphatic carbocycles. The molecule has 0 atom stereocenters. The monoisotopic (exact) mass is 405 g/mol. The Balaban J connectivity index is 1.61. The van der Waals surface area contributed by atoms with Gasteiger partial charge in [0, 0.05) is 29.3 Å². The normalized spacial score (nSPS) is 14.4. The molecule has 1 saturated carbocycles. The fraction of sp³-hybridized carbons (Fsp3) is 0.318. The molecule has 1 N–H and O–H groups in total. The van der Waals surface area contributed by atoms with Crippen molar-refractivity contribution in [1.29, 1.82) is 0 Å². The summed E-state index contributed by atoms with van der Waals surface area (Å²) in [7, 11) is 0. The number of benzene rings is 2. The molecule has 0 saturated heterocycles. The quantitative estimate of drug-likeness (QED) is 0.494. The van der Waals surface area contributed by atoms with Crippen LogP contribution < -0.4 is 5.32 Å². The van der Waals surface area contributed by atoms with Gasteiger partial charge in [0.25, 0.3) is 5.69 Å². The van der Waals surface area contributed by atoms with Crippen LogP contribution in [-0.2, 0) is 11.3 Å². The molecule has 30 heavy (non-hydrogen) atoms. The van der Waals surface area contributed by atoms with E-state index in [0.29, 0.717) is 17.2 Å². The first kappa shape index (κ1) is 19.8. The summed E-state index contributed by atoms with van der Waals surface area (Å²) in [5.41, 5.74) is 1.51. The highest BCUT2D eigenvalue weighted by molar-refractivity contribution is 5.77. The van der Waals surface area contributed by atoms with Crippen LogP contribution in [0.4, 0.5) is 5.69 Å². The van der Waals surface area contributed by atoms with Crippen molar-refractivity contribution in [2.24, 2.45) is 0 Å². The van der Waals surface area contributed by atoms with Gasteiger partial charge < -0.3 is 5.32 Å². The van der Waals surface area contributed by atoms with Gasteiger partial charge in [-0.3, -0.25) is 14.9 Å². The average Bonchev–Trinajstić information content (AvgIpc) is 3.18. The zero-order valence-electron chi connectivity index (χ0n) is 16.5. The second kappa shape index (κ2) is 8.86. The maximum atomic E-state index is 12.7. The molecule has 0 spiro atoms. The van der Waals surface area contributed by atoms with Gasteiger partial charge in [-0.05, 0) is 25.0 Å². The lowest BCUT2D eigenvalue weighted by atomic mass is 9.95. The molecule has 1 fully saturated rings. The van der Waals surface area contributed by atoms with Crippen LogP contribution in [0.25, 0.3) is 22.8 Å². The van der Waals surface area contributed by atoms with Gasteiger partial charge in [-0.2, -0.15) is 0 Å². The smallest absolute Gasteiger partial charge is 0.269 e. The number of carbonyl (C=O) groups is 1. The van der Waals surface area contributed by atoms with E-state index in [-0.39, 0.29) is 24.2 Å². The van der Waals surface area contributed by atoms with Crippen LogP contribution in [0.3, 0.4) is 0 Å². The maximum Gasteiger partial charge on any atom is 0.269 e. The highest BCUT2D eigenvalue weighted by Crippen LogP contribution is 2.24. The van der Waals surface area contributed by atoms with Crippen molar-refractivity contribution in [3.8, 4) is 22.8 Å². The molecule has 4 rings (SSSR count). The fourth-order valence-electron chi connectivity index (χ4n) is 3.76. The predicted octanol–water partition coefficient (Wildman–Crippen LogP) is 3.97. The number of nitro benzene ring substituents is 1. The maximum absolute atomic E-state index is 12.7. The van der Waals surface area contributed by atoms with Gasteiger partial charge in [0.05, 0.1) is 4.92 Å². The first-order valence-electron chi connectivity index (χ1n) is 10.1. The third-order valence-corrected chi connectivity index (χ3v) is 5.30. The largest absolute Gasteiger partial charge is 0.352 e. The lowest BCUT2D eigenvalue weighted by Crippen LogP contribution is -2.38. The number of nitrogens with one attached hydrogen (secondary N) is 1. The van der Waals surface area contributed by atoms with Crippen LogP contribution in [0.5, 0.6) is 0 Å². The Hall–Kier alpha value is -3.55. The van der Waals surface area contributed by atoms with Crippen LogP contribution in [0.15, 0.2) is 54.6 Å². The summed E-state index contributed by atoms with van der Waals surface area (Å²) in [5.74, 6) is 0.927. The third-order valence-electron chi connectivity index (χ3n) is 5.30. The minimum Gasteiger partial charge on any atom is -0.352 e. The minimum atomic E-state index is -0.444. The van der Waals surface area contributed by atoms with E-state index in [1.165, 1.54) is 18.6 Å². The zero-order valence-corrected chi connectivity index (χ0v) is 16.5. The van der Waals surface area contributed by atoms with Crippen molar-refractivity contribution < 1.29 is 9.72 Å². The first-order valence-corrected chi connectivity index (χ1v) is 10.1. The third kappa shape index (κ3) is 4.53. The summed E-state index contributed by atoms with van der Waals surface area (Å²) < 4.78 is 1.60. The number of hydrogen-bond donors (Lipinski definition) is 1. The second-order valence-electron chi connectivity index (χ2n) is 7.49. The number of carbonyl (C=O) groups excluding carboxylic acids is 1. The van der Waals surface area contributed by atoms with Gasteiger partial charge in [0.2, 0.25) is 5.91 Å². The molecule has 8 heteroatoms. The molecule has 2 aromatic carbocycles. The first-order chi connectivity index (χ1) is 14.6.